The van der Waals surface area contributed by atoms with E-state index in [1.54, 1.807) is 0 Å². The zero-order valence-electron chi connectivity index (χ0n) is 9.99. The van der Waals surface area contributed by atoms with Crippen molar-refractivity contribution in [3.63, 3.8) is 0 Å². The lowest BCUT2D eigenvalue weighted by Crippen LogP contribution is -2.16. The third-order valence-electron chi connectivity index (χ3n) is 2.29. The molecule has 0 heterocycles. The number of benzene rings is 1. The van der Waals surface area contributed by atoms with Gasteiger partial charge in [0.1, 0.15) is 5.82 Å². The van der Waals surface area contributed by atoms with E-state index in [4.69, 9.17) is 9.47 Å². The zero-order valence-corrected chi connectivity index (χ0v) is 11.6. The number of carbonyl (C=O) groups is 1. The van der Waals surface area contributed by atoms with Gasteiger partial charge in [-0.25, -0.2) is 9.18 Å². The van der Waals surface area contributed by atoms with E-state index in [0.29, 0.717) is 0 Å². The normalized spacial score (nSPS) is 11.9. The molecule has 7 heteroatoms. The van der Waals surface area contributed by atoms with Crippen molar-refractivity contribution in [2.45, 2.75) is 6.10 Å². The van der Waals surface area contributed by atoms with Crippen LogP contribution in [0.3, 0.4) is 0 Å². The highest BCUT2D eigenvalue weighted by Crippen LogP contribution is 2.41. The van der Waals surface area contributed by atoms with Gasteiger partial charge in [-0.2, -0.15) is 0 Å². The zero-order chi connectivity index (χ0) is 13.9. The first-order chi connectivity index (χ1) is 8.47. The molecule has 1 unspecified atom stereocenters. The molecule has 0 saturated heterocycles. The molecule has 0 fully saturated rings. The predicted octanol–water partition coefficient (Wildman–Crippen LogP) is 1.81. The van der Waals surface area contributed by atoms with E-state index < -0.39 is 17.9 Å². The second kappa shape index (κ2) is 6.01. The van der Waals surface area contributed by atoms with Gasteiger partial charge in [0.15, 0.2) is 17.6 Å². The van der Waals surface area contributed by atoms with Crippen molar-refractivity contribution in [1.29, 1.82) is 0 Å². The number of ether oxygens (including phenoxy) is 3. The fourth-order valence-corrected chi connectivity index (χ4v) is 1.95. The van der Waals surface area contributed by atoms with Crippen LogP contribution in [-0.4, -0.2) is 32.4 Å². The maximum Gasteiger partial charge on any atom is 0.339 e. The second-order valence-corrected chi connectivity index (χ2v) is 4.04. The number of aliphatic hydroxyl groups excluding tert-OH is 1. The highest BCUT2D eigenvalue weighted by atomic mass is 79.9. The molecule has 0 amide bonds. The molecule has 0 saturated carbocycles. The maximum atomic E-state index is 13.6. The van der Waals surface area contributed by atoms with E-state index in [-0.39, 0.29) is 21.5 Å². The first kappa shape index (κ1) is 14.7. The Bertz CT molecular complexity index is 463. The van der Waals surface area contributed by atoms with Crippen molar-refractivity contribution in [2.75, 3.05) is 21.3 Å². The monoisotopic (exact) mass is 322 g/mol. The molecule has 0 aliphatic heterocycles. The third-order valence-corrected chi connectivity index (χ3v) is 3.10. The van der Waals surface area contributed by atoms with E-state index in [2.05, 4.69) is 20.7 Å². The summed E-state index contributed by atoms with van der Waals surface area (Å²) < 4.78 is 27.9. The molecule has 0 bridgehead atoms. The first-order valence-electron chi connectivity index (χ1n) is 4.83. The van der Waals surface area contributed by atoms with E-state index in [9.17, 15) is 14.3 Å². The van der Waals surface area contributed by atoms with E-state index >= 15 is 0 Å². The van der Waals surface area contributed by atoms with Crippen LogP contribution in [0.5, 0.6) is 11.5 Å². The summed E-state index contributed by atoms with van der Waals surface area (Å²) >= 11 is 2.95. The van der Waals surface area contributed by atoms with Crippen molar-refractivity contribution in [2.24, 2.45) is 0 Å². The Morgan fingerprint density at radius 3 is 2.44 bits per heavy atom. The van der Waals surface area contributed by atoms with Crippen molar-refractivity contribution in [3.05, 3.63) is 21.9 Å². The minimum absolute atomic E-state index is 0.0590. The number of halogens is 2. The number of rotatable bonds is 4. The molecule has 1 N–H and O–H groups in total. The van der Waals surface area contributed by atoms with Gasteiger partial charge in [-0.1, -0.05) is 0 Å². The standard InChI is InChI=1S/C11H12BrFO5/c1-16-6-4-5(13)8(12)7(10(6)17-2)9(14)11(15)18-3/h4,9,14H,1-3H3. The van der Waals surface area contributed by atoms with E-state index in [1.807, 2.05) is 0 Å². The summed E-state index contributed by atoms with van der Waals surface area (Å²) in [4.78, 5) is 11.3. The molecule has 18 heavy (non-hydrogen) atoms. The molecule has 0 radical (unpaired) electrons. The number of hydrogen-bond donors (Lipinski definition) is 1. The molecule has 1 aromatic rings. The Balaban J connectivity index is 3.48. The van der Waals surface area contributed by atoms with Crippen molar-refractivity contribution < 1.29 is 28.5 Å². The molecule has 0 aliphatic rings. The van der Waals surface area contributed by atoms with Crippen LogP contribution in [0.2, 0.25) is 0 Å². The smallest absolute Gasteiger partial charge is 0.339 e. The van der Waals surface area contributed by atoms with Crippen LogP contribution in [0, 0.1) is 5.82 Å². The number of carbonyl (C=O) groups excluding carboxylic acids is 1. The van der Waals surface area contributed by atoms with Crippen molar-refractivity contribution in [3.8, 4) is 11.5 Å². The van der Waals surface area contributed by atoms with Gasteiger partial charge in [-0.15, -0.1) is 0 Å². The Kier molecular flexibility index (Phi) is 4.92. The average Bonchev–Trinajstić information content (AvgIpc) is 2.39. The van der Waals surface area contributed by atoms with E-state index in [0.717, 1.165) is 13.2 Å². The minimum Gasteiger partial charge on any atom is -0.493 e. The largest absolute Gasteiger partial charge is 0.493 e. The van der Waals surface area contributed by atoms with Gasteiger partial charge in [0.25, 0.3) is 0 Å². The van der Waals surface area contributed by atoms with Crippen LogP contribution in [-0.2, 0) is 9.53 Å². The molecule has 0 aromatic heterocycles. The van der Waals surface area contributed by atoms with Crippen molar-refractivity contribution in [1.82, 2.24) is 0 Å². The molecular weight excluding hydrogens is 311 g/mol. The summed E-state index contributed by atoms with van der Waals surface area (Å²) in [5.41, 5.74) is -0.0822. The molecular formula is C11H12BrFO5. The van der Waals surface area contributed by atoms with E-state index in [1.165, 1.54) is 14.2 Å². The van der Waals surface area contributed by atoms with Crippen LogP contribution >= 0.6 is 15.9 Å². The van der Waals surface area contributed by atoms with Crippen LogP contribution in [0.15, 0.2) is 10.5 Å². The summed E-state index contributed by atoms with van der Waals surface area (Å²) in [6, 6.07) is 1.08. The predicted molar refractivity (Wildman–Crippen MR) is 64.2 cm³/mol. The number of hydrogen-bond acceptors (Lipinski definition) is 5. The third kappa shape index (κ3) is 2.56. The highest BCUT2D eigenvalue weighted by Gasteiger charge is 2.29. The summed E-state index contributed by atoms with van der Waals surface area (Å²) in [7, 11) is 3.75. The Hall–Kier alpha value is -1.34. The minimum atomic E-state index is -1.68. The average molecular weight is 323 g/mol. The second-order valence-electron chi connectivity index (χ2n) is 3.25. The van der Waals surface area contributed by atoms with Crippen LogP contribution < -0.4 is 9.47 Å². The fourth-order valence-electron chi connectivity index (χ4n) is 1.44. The van der Waals surface area contributed by atoms with Gasteiger partial charge in [0.2, 0.25) is 0 Å². The van der Waals surface area contributed by atoms with Gasteiger partial charge in [0, 0.05) is 6.07 Å². The lowest BCUT2D eigenvalue weighted by molar-refractivity contribution is -0.150. The molecule has 0 aliphatic carbocycles. The van der Waals surface area contributed by atoms with Gasteiger partial charge in [0.05, 0.1) is 31.4 Å². The lowest BCUT2D eigenvalue weighted by atomic mass is 10.1. The Morgan fingerprint density at radius 2 is 2.00 bits per heavy atom. The summed E-state index contributed by atoms with van der Waals surface area (Å²) in [6.45, 7) is 0. The Morgan fingerprint density at radius 1 is 1.39 bits per heavy atom. The molecule has 1 atom stereocenters. The lowest BCUT2D eigenvalue weighted by Gasteiger charge is -2.17. The number of esters is 1. The molecule has 1 aromatic carbocycles. The van der Waals surface area contributed by atoms with Crippen molar-refractivity contribution >= 4 is 21.9 Å². The Labute approximate surface area is 112 Å². The maximum absolute atomic E-state index is 13.6. The quantitative estimate of drug-likeness (QED) is 0.856. The van der Waals surface area contributed by atoms with Gasteiger partial charge in [-0.3, -0.25) is 0 Å². The number of aliphatic hydroxyl groups is 1. The van der Waals surface area contributed by atoms with Crippen LogP contribution in [0.4, 0.5) is 4.39 Å². The first-order valence-corrected chi connectivity index (χ1v) is 5.63. The molecule has 1 rings (SSSR count). The molecule has 5 nitrogen and oxygen atoms in total. The molecule has 100 valence electrons. The van der Waals surface area contributed by atoms with Crippen LogP contribution in [0.1, 0.15) is 11.7 Å². The highest BCUT2D eigenvalue weighted by molar-refractivity contribution is 9.10. The van der Waals surface area contributed by atoms with Gasteiger partial charge < -0.3 is 19.3 Å². The summed E-state index contributed by atoms with van der Waals surface area (Å²) in [6.07, 6.45) is -1.68. The number of methoxy groups -OCH3 is 3. The van der Waals surface area contributed by atoms with Gasteiger partial charge >= 0.3 is 5.97 Å². The summed E-state index contributed by atoms with van der Waals surface area (Å²) in [5, 5.41) is 9.82. The summed E-state index contributed by atoms with van der Waals surface area (Å²) in [5.74, 6) is -1.49. The fraction of sp³-hybridized carbons (Fsp3) is 0.364. The van der Waals surface area contributed by atoms with Gasteiger partial charge in [-0.05, 0) is 15.9 Å². The van der Waals surface area contributed by atoms with Crippen LogP contribution in [0.25, 0.3) is 0 Å². The molecule has 0 spiro atoms. The topological polar surface area (TPSA) is 65.0 Å². The SMILES string of the molecule is COC(=O)C(O)c1c(Br)c(F)cc(OC)c1OC.